The maximum atomic E-state index is 9.57. The van der Waals surface area contributed by atoms with E-state index in [2.05, 4.69) is 37.9 Å². The van der Waals surface area contributed by atoms with E-state index in [0.717, 1.165) is 28.5 Å². The molecule has 0 saturated heterocycles. The number of nitriles is 1. The van der Waals surface area contributed by atoms with Crippen LogP contribution in [0.1, 0.15) is 32.8 Å². The Balaban J connectivity index is 1.88. The summed E-state index contributed by atoms with van der Waals surface area (Å²) in [5.74, 6) is 1.77. The van der Waals surface area contributed by atoms with Gasteiger partial charge < -0.3 is 4.74 Å². The molecule has 132 valence electrons. The first-order valence-electron chi connectivity index (χ1n) is 9.09. The minimum Gasteiger partial charge on any atom is -0.492 e. The number of hydrogen-bond donors (Lipinski definition) is 0. The van der Waals surface area contributed by atoms with Gasteiger partial charge in [0.2, 0.25) is 0 Å². The molecule has 2 aromatic carbocycles. The van der Waals surface area contributed by atoms with Crippen molar-refractivity contribution in [2.24, 2.45) is 11.8 Å². The van der Waals surface area contributed by atoms with E-state index in [1.54, 1.807) is 0 Å². The van der Waals surface area contributed by atoms with Gasteiger partial charge in [0.1, 0.15) is 11.8 Å². The molecule has 3 rings (SSSR count). The Bertz CT molecular complexity index is 935. The van der Waals surface area contributed by atoms with Gasteiger partial charge in [-0.1, -0.05) is 45.0 Å². The lowest BCUT2D eigenvalue weighted by Gasteiger charge is -2.16. The number of benzene rings is 2. The maximum Gasteiger partial charge on any atom is 0.137 e. The molecule has 1 aromatic heterocycles. The third kappa shape index (κ3) is 4.03. The lowest BCUT2D eigenvalue weighted by atomic mass is 9.99. The number of para-hydroxylation sites is 1. The van der Waals surface area contributed by atoms with Gasteiger partial charge in [-0.3, -0.25) is 4.98 Å². The van der Waals surface area contributed by atoms with Crippen LogP contribution >= 0.6 is 0 Å². The zero-order chi connectivity index (χ0) is 18.5. The molecule has 3 aromatic rings. The van der Waals surface area contributed by atoms with Gasteiger partial charge in [0.15, 0.2) is 0 Å². The molecule has 3 heteroatoms. The van der Waals surface area contributed by atoms with E-state index in [-0.39, 0.29) is 0 Å². The number of rotatable bonds is 6. The highest BCUT2D eigenvalue weighted by molar-refractivity contribution is 5.94. The number of pyridine rings is 1. The van der Waals surface area contributed by atoms with Gasteiger partial charge >= 0.3 is 0 Å². The first-order valence-corrected chi connectivity index (χ1v) is 9.09. The Hall–Kier alpha value is -2.86. The van der Waals surface area contributed by atoms with Crippen molar-refractivity contribution < 1.29 is 4.74 Å². The Morgan fingerprint density at radius 1 is 1.08 bits per heavy atom. The third-order valence-electron chi connectivity index (χ3n) is 4.46. The summed E-state index contributed by atoms with van der Waals surface area (Å²) in [7, 11) is 0. The topological polar surface area (TPSA) is 45.9 Å². The molecule has 0 amide bonds. The molecular weight excluding hydrogens is 320 g/mol. The highest BCUT2D eigenvalue weighted by Gasteiger charge is 2.11. The largest absolute Gasteiger partial charge is 0.492 e. The van der Waals surface area contributed by atoms with Crippen LogP contribution < -0.4 is 4.74 Å². The average molecular weight is 344 g/mol. The number of aromatic nitrogens is 1. The van der Waals surface area contributed by atoms with Crippen LogP contribution in [-0.2, 0) is 0 Å². The van der Waals surface area contributed by atoms with Crippen molar-refractivity contribution in [1.82, 2.24) is 4.98 Å². The molecule has 1 atom stereocenters. The minimum absolute atomic E-state index is 0.463. The average Bonchev–Trinajstić information content (AvgIpc) is 2.65. The van der Waals surface area contributed by atoms with Gasteiger partial charge in [0.05, 0.1) is 17.7 Å². The summed E-state index contributed by atoms with van der Waals surface area (Å²) in [6.45, 7) is 7.24. The fourth-order valence-electron chi connectivity index (χ4n) is 3.36. The van der Waals surface area contributed by atoms with Crippen LogP contribution in [0.2, 0.25) is 0 Å². The van der Waals surface area contributed by atoms with Crippen LogP contribution in [0.3, 0.4) is 0 Å². The van der Waals surface area contributed by atoms with Crippen LogP contribution in [0.15, 0.2) is 54.7 Å². The lowest BCUT2D eigenvalue weighted by molar-refractivity contribution is 0.238. The molecule has 1 unspecified atom stereocenters. The van der Waals surface area contributed by atoms with Crippen molar-refractivity contribution in [2.45, 2.75) is 27.2 Å². The normalized spacial score (nSPS) is 12.1. The highest BCUT2D eigenvalue weighted by atomic mass is 16.5. The molecule has 0 radical (unpaired) electrons. The Labute approximate surface area is 155 Å². The van der Waals surface area contributed by atoms with Crippen molar-refractivity contribution in [3.05, 3.63) is 60.3 Å². The second-order valence-electron chi connectivity index (χ2n) is 7.24. The SMILES string of the molecule is CC(C)CC(C)COc1ccc(-c2ccnc3ccccc23)cc1C#N. The van der Waals surface area contributed by atoms with E-state index in [0.29, 0.717) is 29.8 Å². The second-order valence-corrected chi connectivity index (χ2v) is 7.24. The summed E-state index contributed by atoms with van der Waals surface area (Å²) in [6, 6.07) is 18.1. The Morgan fingerprint density at radius 2 is 1.88 bits per heavy atom. The van der Waals surface area contributed by atoms with Gasteiger partial charge in [-0.15, -0.1) is 0 Å². The van der Waals surface area contributed by atoms with Crippen molar-refractivity contribution in [1.29, 1.82) is 5.26 Å². The predicted molar refractivity (Wildman–Crippen MR) is 106 cm³/mol. The predicted octanol–water partition coefficient (Wildman–Crippen LogP) is 5.83. The van der Waals surface area contributed by atoms with Crippen molar-refractivity contribution in [3.8, 4) is 22.9 Å². The molecule has 0 aliphatic heterocycles. The van der Waals surface area contributed by atoms with Gasteiger partial charge in [0, 0.05) is 11.6 Å². The summed E-state index contributed by atoms with van der Waals surface area (Å²) in [6.07, 6.45) is 2.92. The molecule has 0 N–H and O–H groups in total. The maximum absolute atomic E-state index is 9.57. The molecule has 0 bridgehead atoms. The molecule has 0 fully saturated rings. The summed E-state index contributed by atoms with van der Waals surface area (Å²) in [4.78, 5) is 4.41. The van der Waals surface area contributed by atoms with Gasteiger partial charge in [-0.25, -0.2) is 0 Å². The summed E-state index contributed by atoms with van der Waals surface area (Å²) >= 11 is 0. The Kier molecular flexibility index (Phi) is 5.53. The number of hydrogen-bond acceptors (Lipinski definition) is 3. The second kappa shape index (κ2) is 8.01. The number of nitrogens with zero attached hydrogens (tertiary/aromatic N) is 2. The summed E-state index contributed by atoms with van der Waals surface area (Å²) in [5, 5.41) is 10.7. The van der Waals surface area contributed by atoms with Crippen LogP contribution in [0, 0.1) is 23.2 Å². The van der Waals surface area contributed by atoms with E-state index in [1.165, 1.54) is 0 Å². The summed E-state index contributed by atoms with van der Waals surface area (Å²) in [5.41, 5.74) is 3.60. The molecule has 0 spiro atoms. The van der Waals surface area contributed by atoms with Crippen LogP contribution in [0.25, 0.3) is 22.0 Å². The van der Waals surface area contributed by atoms with E-state index in [9.17, 15) is 5.26 Å². The van der Waals surface area contributed by atoms with E-state index >= 15 is 0 Å². The molecule has 0 aliphatic rings. The fourth-order valence-corrected chi connectivity index (χ4v) is 3.36. The third-order valence-corrected chi connectivity index (χ3v) is 4.46. The molecule has 0 saturated carbocycles. The van der Waals surface area contributed by atoms with Gasteiger partial charge in [-0.05, 0) is 53.6 Å². The molecule has 0 aliphatic carbocycles. The van der Waals surface area contributed by atoms with E-state index < -0.39 is 0 Å². The summed E-state index contributed by atoms with van der Waals surface area (Å²) < 4.78 is 5.93. The van der Waals surface area contributed by atoms with Crippen LogP contribution in [0.5, 0.6) is 5.75 Å². The molecule has 26 heavy (non-hydrogen) atoms. The number of ether oxygens (including phenoxy) is 1. The van der Waals surface area contributed by atoms with Crippen molar-refractivity contribution >= 4 is 10.9 Å². The smallest absolute Gasteiger partial charge is 0.137 e. The molecule has 3 nitrogen and oxygen atoms in total. The van der Waals surface area contributed by atoms with Crippen molar-refractivity contribution in [2.75, 3.05) is 6.61 Å². The van der Waals surface area contributed by atoms with E-state index in [4.69, 9.17) is 4.74 Å². The molecular formula is C23H24N2O. The monoisotopic (exact) mass is 344 g/mol. The van der Waals surface area contributed by atoms with E-state index in [1.807, 2.05) is 48.7 Å². The minimum atomic E-state index is 0.463. The van der Waals surface area contributed by atoms with Crippen LogP contribution in [-0.4, -0.2) is 11.6 Å². The Morgan fingerprint density at radius 3 is 2.65 bits per heavy atom. The van der Waals surface area contributed by atoms with Crippen LogP contribution in [0.4, 0.5) is 0 Å². The zero-order valence-electron chi connectivity index (χ0n) is 15.6. The fraction of sp³-hybridized carbons (Fsp3) is 0.304. The first-order chi connectivity index (χ1) is 12.6. The first kappa shape index (κ1) is 17.9. The zero-order valence-corrected chi connectivity index (χ0v) is 15.6. The van der Waals surface area contributed by atoms with Crippen molar-refractivity contribution in [3.63, 3.8) is 0 Å². The van der Waals surface area contributed by atoms with Gasteiger partial charge in [-0.2, -0.15) is 5.26 Å². The quantitative estimate of drug-likeness (QED) is 0.565. The molecule has 1 heterocycles. The number of fused-ring (bicyclic) bond motifs is 1. The lowest BCUT2D eigenvalue weighted by Crippen LogP contribution is -2.11. The van der Waals surface area contributed by atoms with Gasteiger partial charge in [0.25, 0.3) is 0 Å². The standard InChI is InChI=1S/C23H24N2O/c1-16(2)12-17(3)15-26-23-9-8-18(13-19(23)14-24)20-10-11-25-22-7-5-4-6-21(20)22/h4-11,13,16-17H,12,15H2,1-3H3. The highest BCUT2D eigenvalue weighted by Crippen LogP contribution is 2.31.